The molecule has 3 atom stereocenters. The number of fused-ring (bicyclic) bond motifs is 1. The Labute approximate surface area is 185 Å². The minimum absolute atomic E-state index is 0.0226. The number of likely N-dealkylation sites (tertiary alicyclic amines) is 1. The molecule has 2 saturated heterocycles. The maximum atomic E-state index is 13.4. The number of piperidine rings is 2. The molecule has 0 spiro atoms. The van der Waals surface area contributed by atoms with E-state index in [0.29, 0.717) is 25.3 Å². The molecular weight excluding hydrogens is 414 g/mol. The van der Waals surface area contributed by atoms with E-state index in [0.717, 1.165) is 43.6 Å². The highest BCUT2D eigenvalue weighted by Crippen LogP contribution is 2.35. The second-order valence-corrected chi connectivity index (χ2v) is 11.4. The van der Waals surface area contributed by atoms with E-state index in [1.165, 1.54) is 11.2 Å². The zero-order chi connectivity index (χ0) is 22.3. The SMILES string of the molecule is CC(=O)N1c2ccc(S(=O)(=O)N3CCC[C@H](C(=O)N4CCC[C@H](C)C4)C3)cc2C[C@H]1C. The summed E-state index contributed by atoms with van der Waals surface area (Å²) in [6.45, 7) is 7.91. The van der Waals surface area contributed by atoms with E-state index in [1.807, 2.05) is 11.8 Å². The van der Waals surface area contributed by atoms with Crippen LogP contribution in [0.4, 0.5) is 5.69 Å². The minimum Gasteiger partial charge on any atom is -0.342 e. The molecule has 4 rings (SSSR count). The van der Waals surface area contributed by atoms with E-state index in [-0.39, 0.29) is 35.2 Å². The van der Waals surface area contributed by atoms with E-state index < -0.39 is 10.0 Å². The van der Waals surface area contributed by atoms with Crippen molar-refractivity contribution < 1.29 is 18.0 Å². The molecule has 1 aromatic rings. The zero-order valence-electron chi connectivity index (χ0n) is 18.7. The Hall–Kier alpha value is -1.93. The van der Waals surface area contributed by atoms with Crippen molar-refractivity contribution in [1.29, 1.82) is 0 Å². The molecule has 0 N–H and O–H groups in total. The molecule has 8 heteroatoms. The van der Waals surface area contributed by atoms with E-state index in [9.17, 15) is 18.0 Å². The normalized spacial score (nSPS) is 27.3. The van der Waals surface area contributed by atoms with Gasteiger partial charge in [0.25, 0.3) is 0 Å². The van der Waals surface area contributed by atoms with Gasteiger partial charge in [0.15, 0.2) is 0 Å². The molecule has 31 heavy (non-hydrogen) atoms. The van der Waals surface area contributed by atoms with Crippen molar-refractivity contribution in [3.8, 4) is 0 Å². The number of rotatable bonds is 3. The number of amides is 2. The molecule has 0 aliphatic carbocycles. The van der Waals surface area contributed by atoms with Crippen LogP contribution in [0, 0.1) is 11.8 Å². The molecule has 3 heterocycles. The van der Waals surface area contributed by atoms with Gasteiger partial charge in [-0.2, -0.15) is 4.31 Å². The summed E-state index contributed by atoms with van der Waals surface area (Å²) in [6, 6.07) is 5.07. The Morgan fingerprint density at radius 1 is 1.03 bits per heavy atom. The molecule has 1 aromatic carbocycles. The Kier molecular flexibility index (Phi) is 6.14. The Morgan fingerprint density at radius 3 is 2.48 bits per heavy atom. The van der Waals surface area contributed by atoms with Crippen LogP contribution in [0.25, 0.3) is 0 Å². The summed E-state index contributed by atoms with van der Waals surface area (Å²) >= 11 is 0. The molecule has 0 bridgehead atoms. The van der Waals surface area contributed by atoms with Crippen LogP contribution >= 0.6 is 0 Å². The predicted octanol–water partition coefficient (Wildman–Crippen LogP) is 2.64. The van der Waals surface area contributed by atoms with E-state index in [4.69, 9.17) is 0 Å². The second-order valence-electron chi connectivity index (χ2n) is 9.47. The topological polar surface area (TPSA) is 78.0 Å². The standard InChI is InChI=1S/C23H33N3O4S/c1-16-6-4-10-24(14-16)23(28)19-7-5-11-25(15-19)31(29,30)21-8-9-22-20(13-21)12-17(2)26(22)18(3)27/h8-9,13,16-17,19H,4-7,10-12,14-15H2,1-3H3/t16-,17+,19-/m0/s1. The number of benzene rings is 1. The first kappa shape index (κ1) is 22.3. The summed E-state index contributed by atoms with van der Waals surface area (Å²) in [5.41, 5.74) is 1.68. The van der Waals surface area contributed by atoms with Crippen molar-refractivity contribution in [2.45, 2.75) is 63.8 Å². The molecule has 170 valence electrons. The van der Waals surface area contributed by atoms with Gasteiger partial charge in [-0.25, -0.2) is 8.42 Å². The van der Waals surface area contributed by atoms with Crippen LogP contribution in [-0.4, -0.2) is 61.7 Å². The molecule has 0 radical (unpaired) electrons. The number of hydrogen-bond acceptors (Lipinski definition) is 4. The first-order chi connectivity index (χ1) is 14.7. The zero-order valence-corrected chi connectivity index (χ0v) is 19.5. The van der Waals surface area contributed by atoms with Crippen molar-refractivity contribution in [2.24, 2.45) is 11.8 Å². The average molecular weight is 448 g/mol. The summed E-state index contributed by atoms with van der Waals surface area (Å²) in [4.78, 5) is 28.9. The Morgan fingerprint density at radius 2 is 1.77 bits per heavy atom. The van der Waals surface area contributed by atoms with E-state index >= 15 is 0 Å². The maximum Gasteiger partial charge on any atom is 0.243 e. The van der Waals surface area contributed by atoms with Crippen molar-refractivity contribution in [2.75, 3.05) is 31.1 Å². The van der Waals surface area contributed by atoms with Crippen LogP contribution in [-0.2, 0) is 26.0 Å². The second kappa shape index (κ2) is 8.54. The van der Waals surface area contributed by atoms with Crippen LogP contribution in [0.2, 0.25) is 0 Å². The quantitative estimate of drug-likeness (QED) is 0.714. The van der Waals surface area contributed by atoms with E-state index in [1.54, 1.807) is 23.1 Å². The van der Waals surface area contributed by atoms with Crippen molar-refractivity contribution in [1.82, 2.24) is 9.21 Å². The highest BCUT2D eigenvalue weighted by Gasteiger charge is 2.37. The van der Waals surface area contributed by atoms with Gasteiger partial charge >= 0.3 is 0 Å². The summed E-state index contributed by atoms with van der Waals surface area (Å²) in [5, 5.41) is 0. The summed E-state index contributed by atoms with van der Waals surface area (Å²) in [5.74, 6) is 0.304. The van der Waals surface area contributed by atoms with Gasteiger partial charge in [-0.05, 0) is 68.7 Å². The monoisotopic (exact) mass is 447 g/mol. The summed E-state index contributed by atoms with van der Waals surface area (Å²) < 4.78 is 28.3. The average Bonchev–Trinajstić information content (AvgIpc) is 3.08. The van der Waals surface area contributed by atoms with Gasteiger partial charge in [0, 0.05) is 44.8 Å². The Balaban J connectivity index is 1.52. The third-order valence-electron chi connectivity index (χ3n) is 6.95. The highest BCUT2D eigenvalue weighted by molar-refractivity contribution is 7.89. The van der Waals surface area contributed by atoms with Crippen LogP contribution in [0.15, 0.2) is 23.1 Å². The Bertz CT molecular complexity index is 977. The number of carbonyl (C=O) groups excluding carboxylic acids is 2. The largest absolute Gasteiger partial charge is 0.342 e. The molecule has 2 fully saturated rings. The van der Waals surface area contributed by atoms with Crippen LogP contribution in [0.3, 0.4) is 0 Å². The molecule has 0 unspecified atom stereocenters. The van der Waals surface area contributed by atoms with Crippen molar-refractivity contribution in [3.05, 3.63) is 23.8 Å². The fraction of sp³-hybridized carbons (Fsp3) is 0.652. The number of nitrogens with zero attached hydrogens (tertiary/aromatic N) is 3. The molecular formula is C23H33N3O4S. The lowest BCUT2D eigenvalue weighted by molar-refractivity contribution is -0.138. The predicted molar refractivity (Wildman–Crippen MR) is 119 cm³/mol. The number of hydrogen-bond donors (Lipinski definition) is 0. The van der Waals surface area contributed by atoms with Crippen LogP contribution < -0.4 is 4.90 Å². The van der Waals surface area contributed by atoms with Gasteiger partial charge in [0.1, 0.15) is 0 Å². The fourth-order valence-electron chi connectivity index (χ4n) is 5.41. The lowest BCUT2D eigenvalue weighted by Crippen LogP contribution is -2.48. The van der Waals surface area contributed by atoms with Gasteiger partial charge in [-0.1, -0.05) is 6.92 Å². The highest BCUT2D eigenvalue weighted by atomic mass is 32.2. The number of anilines is 1. The lowest BCUT2D eigenvalue weighted by atomic mass is 9.94. The van der Waals surface area contributed by atoms with Crippen LogP contribution in [0.5, 0.6) is 0 Å². The van der Waals surface area contributed by atoms with Gasteiger partial charge in [0.05, 0.1) is 10.8 Å². The maximum absolute atomic E-state index is 13.4. The summed E-state index contributed by atoms with van der Waals surface area (Å²) in [6.07, 6.45) is 4.25. The number of carbonyl (C=O) groups is 2. The summed E-state index contributed by atoms with van der Waals surface area (Å²) in [7, 11) is -3.69. The van der Waals surface area contributed by atoms with Gasteiger partial charge in [-0.15, -0.1) is 0 Å². The van der Waals surface area contributed by atoms with E-state index in [2.05, 4.69) is 6.92 Å². The molecule has 7 nitrogen and oxygen atoms in total. The molecule has 2 amide bonds. The first-order valence-electron chi connectivity index (χ1n) is 11.4. The molecule has 3 aliphatic heterocycles. The van der Waals surface area contributed by atoms with Gasteiger partial charge in [0.2, 0.25) is 21.8 Å². The van der Waals surface area contributed by atoms with Crippen molar-refractivity contribution >= 4 is 27.5 Å². The smallest absolute Gasteiger partial charge is 0.243 e. The molecule has 0 saturated carbocycles. The lowest BCUT2D eigenvalue weighted by Gasteiger charge is -2.37. The van der Waals surface area contributed by atoms with Gasteiger partial charge < -0.3 is 9.80 Å². The minimum atomic E-state index is -3.69. The molecule has 3 aliphatic rings. The molecule has 0 aromatic heterocycles. The fourth-order valence-corrected chi connectivity index (χ4v) is 6.98. The third kappa shape index (κ3) is 4.24. The first-order valence-corrected chi connectivity index (χ1v) is 12.8. The van der Waals surface area contributed by atoms with Crippen molar-refractivity contribution in [3.63, 3.8) is 0 Å². The van der Waals surface area contributed by atoms with Gasteiger partial charge in [-0.3, -0.25) is 9.59 Å². The number of sulfonamides is 1. The third-order valence-corrected chi connectivity index (χ3v) is 8.81. The van der Waals surface area contributed by atoms with Crippen LogP contribution in [0.1, 0.15) is 52.0 Å².